The topological polar surface area (TPSA) is 67.4 Å². The summed E-state index contributed by atoms with van der Waals surface area (Å²) in [5, 5.41) is 6.06. The van der Waals surface area contributed by atoms with Crippen LogP contribution in [0.2, 0.25) is 0 Å². The van der Waals surface area contributed by atoms with Gasteiger partial charge in [0.2, 0.25) is 0 Å². The van der Waals surface area contributed by atoms with Crippen LogP contribution in [0.25, 0.3) is 0 Å². The van der Waals surface area contributed by atoms with E-state index >= 15 is 0 Å². The van der Waals surface area contributed by atoms with Crippen LogP contribution in [-0.2, 0) is 6.42 Å². The maximum Gasteiger partial charge on any atom is 0.251 e. The maximum absolute atomic E-state index is 12.6. The molecule has 1 fully saturated rings. The normalized spacial score (nSPS) is 14.7. The molecule has 5 heteroatoms. The summed E-state index contributed by atoms with van der Waals surface area (Å²) in [5.41, 5.74) is 2.14. The summed E-state index contributed by atoms with van der Waals surface area (Å²) < 4.78 is 5.22. The zero-order valence-corrected chi connectivity index (χ0v) is 17.1. The fourth-order valence-corrected chi connectivity index (χ4v) is 3.74. The number of carbonyl (C=O) groups excluding carboxylic acids is 2. The zero-order valence-electron chi connectivity index (χ0n) is 17.1. The van der Waals surface area contributed by atoms with E-state index in [-0.39, 0.29) is 17.9 Å². The molecule has 2 N–H and O–H groups in total. The van der Waals surface area contributed by atoms with Crippen molar-refractivity contribution in [1.82, 2.24) is 10.6 Å². The van der Waals surface area contributed by atoms with Gasteiger partial charge in [-0.05, 0) is 55.2 Å². The van der Waals surface area contributed by atoms with Gasteiger partial charge in [0, 0.05) is 23.7 Å². The van der Waals surface area contributed by atoms with Crippen molar-refractivity contribution in [3.63, 3.8) is 0 Å². The molecule has 5 nitrogen and oxygen atoms in total. The summed E-state index contributed by atoms with van der Waals surface area (Å²) in [6, 6.07) is 15.0. The molecular weight excluding hydrogens is 364 g/mol. The van der Waals surface area contributed by atoms with Crippen LogP contribution in [-0.4, -0.2) is 31.5 Å². The molecule has 0 unspecified atom stereocenters. The van der Waals surface area contributed by atoms with Gasteiger partial charge < -0.3 is 15.4 Å². The lowest BCUT2D eigenvalue weighted by atomic mass is 10.1. The van der Waals surface area contributed by atoms with Crippen LogP contribution in [0.4, 0.5) is 0 Å². The molecule has 2 aromatic rings. The largest absolute Gasteiger partial charge is 0.497 e. The number of rotatable bonds is 7. The molecule has 3 rings (SSSR count). The Balaban J connectivity index is 1.53. The number of amides is 2. The number of carbonyl (C=O) groups is 2. The van der Waals surface area contributed by atoms with E-state index in [1.54, 1.807) is 31.4 Å². The van der Waals surface area contributed by atoms with Gasteiger partial charge in [-0.1, -0.05) is 43.9 Å². The minimum atomic E-state index is -0.169. The Bertz CT molecular complexity index is 826. The Morgan fingerprint density at radius 3 is 2.34 bits per heavy atom. The summed E-state index contributed by atoms with van der Waals surface area (Å²) in [6.07, 6.45) is 7.62. The molecule has 154 valence electrons. The van der Waals surface area contributed by atoms with Crippen LogP contribution >= 0.6 is 0 Å². The van der Waals surface area contributed by atoms with Gasteiger partial charge in [-0.15, -0.1) is 0 Å². The maximum atomic E-state index is 12.6. The standard InChI is InChI=1S/C24H30N2O3/c1-29-22-13-6-8-18(16-22)14-15-25-23(27)19-9-7-10-20(17-19)24(28)26-21-11-4-2-3-5-12-21/h6-10,13,16-17,21H,2-5,11-12,14-15H2,1H3,(H,25,27)(H,26,28). The molecule has 1 aliphatic rings. The molecule has 0 spiro atoms. The summed E-state index contributed by atoms with van der Waals surface area (Å²) in [5.74, 6) is 0.543. The average Bonchev–Trinajstić information content (AvgIpc) is 3.02. The van der Waals surface area contributed by atoms with Gasteiger partial charge in [0.15, 0.2) is 0 Å². The van der Waals surface area contributed by atoms with Gasteiger partial charge in [-0.2, -0.15) is 0 Å². The fraction of sp³-hybridized carbons (Fsp3) is 0.417. The van der Waals surface area contributed by atoms with Crippen molar-refractivity contribution in [2.75, 3.05) is 13.7 Å². The van der Waals surface area contributed by atoms with Crippen molar-refractivity contribution in [3.05, 3.63) is 65.2 Å². The van der Waals surface area contributed by atoms with Gasteiger partial charge in [0.1, 0.15) is 5.75 Å². The molecule has 1 aliphatic carbocycles. The molecule has 0 aromatic heterocycles. The number of hydrogen-bond acceptors (Lipinski definition) is 3. The molecule has 2 amide bonds. The summed E-state index contributed by atoms with van der Waals surface area (Å²) in [7, 11) is 1.64. The minimum Gasteiger partial charge on any atom is -0.497 e. The first kappa shape index (κ1) is 20.9. The lowest BCUT2D eigenvalue weighted by molar-refractivity contribution is 0.0933. The van der Waals surface area contributed by atoms with Crippen molar-refractivity contribution in [2.24, 2.45) is 0 Å². The van der Waals surface area contributed by atoms with E-state index in [0.29, 0.717) is 24.1 Å². The molecule has 0 bridgehead atoms. The molecule has 0 heterocycles. The van der Waals surface area contributed by atoms with Gasteiger partial charge in [-0.25, -0.2) is 0 Å². The monoisotopic (exact) mass is 394 g/mol. The van der Waals surface area contributed by atoms with Crippen molar-refractivity contribution in [2.45, 2.75) is 51.0 Å². The predicted octanol–water partition coefficient (Wildman–Crippen LogP) is 4.12. The van der Waals surface area contributed by atoms with E-state index < -0.39 is 0 Å². The third-order valence-corrected chi connectivity index (χ3v) is 5.41. The van der Waals surface area contributed by atoms with Gasteiger partial charge in [-0.3, -0.25) is 9.59 Å². The third kappa shape index (κ3) is 6.34. The van der Waals surface area contributed by atoms with Crippen molar-refractivity contribution in [1.29, 1.82) is 0 Å². The van der Waals surface area contributed by atoms with E-state index in [1.165, 1.54) is 25.7 Å². The highest BCUT2D eigenvalue weighted by atomic mass is 16.5. The van der Waals surface area contributed by atoms with Gasteiger partial charge >= 0.3 is 0 Å². The number of methoxy groups -OCH3 is 1. The first-order chi connectivity index (χ1) is 14.2. The van der Waals surface area contributed by atoms with E-state index in [2.05, 4.69) is 10.6 Å². The van der Waals surface area contributed by atoms with Gasteiger partial charge in [0.25, 0.3) is 11.8 Å². The molecular formula is C24H30N2O3. The highest BCUT2D eigenvalue weighted by molar-refractivity contribution is 5.99. The van der Waals surface area contributed by atoms with Crippen LogP contribution in [0, 0.1) is 0 Å². The van der Waals surface area contributed by atoms with Crippen molar-refractivity contribution >= 4 is 11.8 Å². The smallest absolute Gasteiger partial charge is 0.251 e. The second kappa shape index (κ2) is 10.6. The highest BCUT2D eigenvalue weighted by Crippen LogP contribution is 2.18. The fourth-order valence-electron chi connectivity index (χ4n) is 3.74. The first-order valence-corrected chi connectivity index (χ1v) is 10.5. The Labute approximate surface area is 172 Å². The Morgan fingerprint density at radius 2 is 1.62 bits per heavy atom. The number of nitrogens with one attached hydrogen (secondary N) is 2. The Morgan fingerprint density at radius 1 is 0.931 bits per heavy atom. The third-order valence-electron chi connectivity index (χ3n) is 5.41. The molecule has 2 aromatic carbocycles. The van der Waals surface area contributed by atoms with E-state index in [0.717, 1.165) is 24.2 Å². The number of benzene rings is 2. The first-order valence-electron chi connectivity index (χ1n) is 10.5. The van der Waals surface area contributed by atoms with Crippen molar-refractivity contribution < 1.29 is 14.3 Å². The quantitative estimate of drug-likeness (QED) is 0.694. The predicted molar refractivity (Wildman–Crippen MR) is 114 cm³/mol. The van der Waals surface area contributed by atoms with E-state index in [9.17, 15) is 9.59 Å². The SMILES string of the molecule is COc1cccc(CCNC(=O)c2cccc(C(=O)NC3CCCCCC3)c2)c1. The number of hydrogen-bond donors (Lipinski definition) is 2. The lowest BCUT2D eigenvalue weighted by Gasteiger charge is -2.16. The average molecular weight is 395 g/mol. The lowest BCUT2D eigenvalue weighted by Crippen LogP contribution is -2.34. The summed E-state index contributed by atoms with van der Waals surface area (Å²) in [6.45, 7) is 0.518. The minimum absolute atomic E-state index is 0.0945. The van der Waals surface area contributed by atoms with Crippen LogP contribution < -0.4 is 15.4 Å². The highest BCUT2D eigenvalue weighted by Gasteiger charge is 2.16. The van der Waals surface area contributed by atoms with E-state index in [1.807, 2.05) is 24.3 Å². The molecule has 0 atom stereocenters. The van der Waals surface area contributed by atoms with Crippen molar-refractivity contribution in [3.8, 4) is 5.75 Å². The van der Waals surface area contributed by atoms with E-state index in [4.69, 9.17) is 4.74 Å². The van der Waals surface area contributed by atoms with Crippen LogP contribution in [0.5, 0.6) is 5.75 Å². The number of ether oxygens (including phenoxy) is 1. The molecule has 0 aliphatic heterocycles. The van der Waals surface area contributed by atoms with Crippen LogP contribution in [0.3, 0.4) is 0 Å². The molecule has 29 heavy (non-hydrogen) atoms. The Kier molecular flexibility index (Phi) is 7.68. The summed E-state index contributed by atoms with van der Waals surface area (Å²) >= 11 is 0. The second-order valence-electron chi connectivity index (χ2n) is 7.60. The molecule has 0 saturated heterocycles. The Hall–Kier alpha value is -2.82. The van der Waals surface area contributed by atoms with Gasteiger partial charge in [0.05, 0.1) is 7.11 Å². The second-order valence-corrected chi connectivity index (χ2v) is 7.60. The molecule has 0 radical (unpaired) electrons. The zero-order chi connectivity index (χ0) is 20.5. The molecule has 1 saturated carbocycles. The van der Waals surface area contributed by atoms with Crippen LogP contribution in [0.1, 0.15) is 64.8 Å². The van der Waals surface area contributed by atoms with Crippen LogP contribution in [0.15, 0.2) is 48.5 Å². The summed E-state index contributed by atoms with van der Waals surface area (Å²) in [4.78, 5) is 25.1.